The number of benzene rings is 1. The van der Waals surface area contributed by atoms with Gasteiger partial charge in [-0.05, 0) is 68.2 Å². The van der Waals surface area contributed by atoms with Crippen LogP contribution in [0.1, 0.15) is 18.4 Å². The van der Waals surface area contributed by atoms with Gasteiger partial charge >= 0.3 is 0 Å². The van der Waals surface area contributed by atoms with Crippen molar-refractivity contribution in [3.8, 4) is 0 Å². The first-order valence-corrected chi connectivity index (χ1v) is 11.8. The Kier molecular flexibility index (Phi) is 6.03. The van der Waals surface area contributed by atoms with Crippen molar-refractivity contribution in [1.29, 1.82) is 0 Å². The Morgan fingerprint density at radius 1 is 1.13 bits per heavy atom. The number of hydrogen-bond acceptors (Lipinski definition) is 6. The molecule has 0 saturated carbocycles. The molecule has 1 aromatic carbocycles. The summed E-state index contributed by atoms with van der Waals surface area (Å²) in [5, 5.41) is 8.04. The number of nitrogens with one attached hydrogen (secondary N) is 1. The predicted molar refractivity (Wildman–Crippen MR) is 116 cm³/mol. The number of rotatable bonds is 5. The van der Waals surface area contributed by atoms with E-state index in [1.54, 1.807) is 35.4 Å². The number of anilines is 2. The molecule has 3 heterocycles. The average molecular weight is 444 g/mol. The summed E-state index contributed by atoms with van der Waals surface area (Å²) in [7, 11) is -3.77. The van der Waals surface area contributed by atoms with Crippen LogP contribution in [0.5, 0.6) is 0 Å². The van der Waals surface area contributed by atoms with Crippen LogP contribution in [0, 0.1) is 5.92 Å². The third-order valence-electron chi connectivity index (χ3n) is 5.81. The number of fused-ring (bicyclic) bond motifs is 1. The van der Waals surface area contributed by atoms with Crippen LogP contribution in [-0.4, -0.2) is 56.3 Å². The maximum atomic E-state index is 12.9. The van der Waals surface area contributed by atoms with Gasteiger partial charge in [0.2, 0.25) is 21.8 Å². The minimum atomic E-state index is -3.77. The van der Waals surface area contributed by atoms with Crippen molar-refractivity contribution in [1.82, 2.24) is 9.88 Å². The standard InChI is InChI=1S/C21H25N5O4S/c22-31(29,30)17-4-5-18-16(13-17)8-12-26(18)20(27)14-25-10-6-15(7-11-25)21(28)24-19-3-1-2-9-23-19/h1-5,9,13,15H,6-8,10-12,14H2,(H2,22,29,30)(H,23,24,28). The van der Waals surface area contributed by atoms with Crippen molar-refractivity contribution in [2.24, 2.45) is 11.1 Å². The quantitative estimate of drug-likeness (QED) is 0.709. The highest BCUT2D eigenvalue weighted by Gasteiger charge is 2.30. The van der Waals surface area contributed by atoms with Gasteiger partial charge in [0.25, 0.3) is 0 Å². The molecule has 0 radical (unpaired) electrons. The summed E-state index contributed by atoms with van der Waals surface area (Å²) in [6, 6.07) is 10.0. The molecule has 164 valence electrons. The molecule has 1 saturated heterocycles. The van der Waals surface area contributed by atoms with Crippen molar-refractivity contribution < 1.29 is 18.0 Å². The molecule has 2 aliphatic rings. The van der Waals surface area contributed by atoms with Gasteiger partial charge < -0.3 is 10.2 Å². The molecule has 31 heavy (non-hydrogen) atoms. The first kappa shape index (κ1) is 21.4. The summed E-state index contributed by atoms with van der Waals surface area (Å²) in [5.41, 5.74) is 1.55. The molecule has 10 heteroatoms. The van der Waals surface area contributed by atoms with E-state index in [0.717, 1.165) is 11.3 Å². The van der Waals surface area contributed by atoms with E-state index in [4.69, 9.17) is 5.14 Å². The average Bonchev–Trinajstić information content (AvgIpc) is 3.18. The number of piperidine rings is 1. The van der Waals surface area contributed by atoms with Crippen LogP contribution in [0.25, 0.3) is 0 Å². The minimum absolute atomic E-state index is 0.0292. The van der Waals surface area contributed by atoms with E-state index >= 15 is 0 Å². The maximum Gasteiger partial charge on any atom is 0.241 e. The second kappa shape index (κ2) is 8.74. The zero-order chi connectivity index (χ0) is 22.0. The normalized spacial score (nSPS) is 17.4. The highest BCUT2D eigenvalue weighted by Crippen LogP contribution is 2.30. The molecule has 0 aliphatic carbocycles. The second-order valence-corrected chi connectivity index (χ2v) is 9.45. The lowest BCUT2D eigenvalue weighted by Crippen LogP contribution is -2.44. The summed E-state index contributed by atoms with van der Waals surface area (Å²) >= 11 is 0. The molecule has 0 spiro atoms. The van der Waals surface area contributed by atoms with Gasteiger partial charge in [-0.1, -0.05) is 6.07 Å². The van der Waals surface area contributed by atoms with Crippen LogP contribution in [-0.2, 0) is 26.0 Å². The molecule has 1 fully saturated rings. The lowest BCUT2D eigenvalue weighted by molar-refractivity contribution is -0.122. The fraction of sp³-hybridized carbons (Fsp3) is 0.381. The molecule has 1 aromatic heterocycles. The number of nitrogens with two attached hydrogens (primary N) is 1. The SMILES string of the molecule is NS(=O)(=O)c1ccc2c(c1)CCN2C(=O)CN1CCC(C(=O)Nc2ccccn2)CC1. The van der Waals surface area contributed by atoms with Gasteiger partial charge in [-0.25, -0.2) is 18.5 Å². The second-order valence-electron chi connectivity index (χ2n) is 7.89. The predicted octanol–water partition coefficient (Wildman–Crippen LogP) is 0.969. The van der Waals surface area contributed by atoms with Crippen molar-refractivity contribution in [2.45, 2.75) is 24.2 Å². The van der Waals surface area contributed by atoms with Crippen LogP contribution >= 0.6 is 0 Å². The summed E-state index contributed by atoms with van der Waals surface area (Å²) < 4.78 is 23.1. The smallest absolute Gasteiger partial charge is 0.241 e. The number of aromatic nitrogens is 1. The van der Waals surface area contributed by atoms with Crippen LogP contribution in [0.2, 0.25) is 0 Å². The van der Waals surface area contributed by atoms with E-state index in [0.29, 0.717) is 44.7 Å². The molecule has 0 bridgehead atoms. The van der Waals surface area contributed by atoms with Crippen LogP contribution in [0.4, 0.5) is 11.5 Å². The van der Waals surface area contributed by atoms with E-state index in [1.807, 2.05) is 6.07 Å². The fourth-order valence-electron chi connectivity index (χ4n) is 4.11. The molecule has 9 nitrogen and oxygen atoms in total. The summed E-state index contributed by atoms with van der Waals surface area (Å²) in [4.78, 5) is 33.2. The lowest BCUT2D eigenvalue weighted by Gasteiger charge is -2.31. The molecular formula is C21H25N5O4S. The van der Waals surface area contributed by atoms with E-state index < -0.39 is 10.0 Å². The number of nitrogens with zero attached hydrogens (tertiary/aromatic N) is 3. The van der Waals surface area contributed by atoms with E-state index in [1.165, 1.54) is 6.07 Å². The van der Waals surface area contributed by atoms with Crippen LogP contribution in [0.3, 0.4) is 0 Å². The van der Waals surface area contributed by atoms with Crippen molar-refractivity contribution >= 4 is 33.3 Å². The number of likely N-dealkylation sites (tertiary alicyclic amines) is 1. The van der Waals surface area contributed by atoms with Gasteiger partial charge in [0.1, 0.15) is 5.82 Å². The van der Waals surface area contributed by atoms with Gasteiger partial charge in [-0.2, -0.15) is 0 Å². The number of hydrogen-bond donors (Lipinski definition) is 2. The first-order chi connectivity index (χ1) is 14.8. The zero-order valence-electron chi connectivity index (χ0n) is 17.0. The maximum absolute atomic E-state index is 12.9. The first-order valence-electron chi connectivity index (χ1n) is 10.2. The van der Waals surface area contributed by atoms with Gasteiger partial charge in [0.15, 0.2) is 0 Å². The summed E-state index contributed by atoms with van der Waals surface area (Å²) in [5.74, 6) is 0.378. The number of carbonyl (C=O) groups excluding carboxylic acids is 2. The molecule has 4 rings (SSSR count). The summed E-state index contributed by atoms with van der Waals surface area (Å²) in [6.45, 7) is 2.12. The van der Waals surface area contributed by atoms with Crippen LogP contribution < -0.4 is 15.4 Å². The van der Waals surface area contributed by atoms with Crippen molar-refractivity contribution in [2.75, 3.05) is 36.4 Å². The van der Waals surface area contributed by atoms with E-state index in [9.17, 15) is 18.0 Å². The molecular weight excluding hydrogens is 418 g/mol. The highest BCUT2D eigenvalue weighted by atomic mass is 32.2. The third kappa shape index (κ3) is 4.92. The summed E-state index contributed by atoms with van der Waals surface area (Å²) in [6.07, 6.45) is 3.59. The Morgan fingerprint density at radius 2 is 1.90 bits per heavy atom. The number of pyridine rings is 1. The van der Waals surface area contributed by atoms with Crippen molar-refractivity contribution in [3.05, 3.63) is 48.2 Å². The Hall–Kier alpha value is -2.82. The van der Waals surface area contributed by atoms with Gasteiger partial charge in [0.05, 0.1) is 11.4 Å². The lowest BCUT2D eigenvalue weighted by atomic mass is 9.96. The topological polar surface area (TPSA) is 126 Å². The molecule has 0 unspecified atom stereocenters. The third-order valence-corrected chi connectivity index (χ3v) is 6.72. The molecule has 3 N–H and O–H groups in total. The van der Waals surface area contributed by atoms with Crippen molar-refractivity contribution in [3.63, 3.8) is 0 Å². The number of primary sulfonamides is 1. The molecule has 0 atom stereocenters. The Morgan fingerprint density at radius 3 is 2.58 bits per heavy atom. The number of amides is 2. The molecule has 2 aliphatic heterocycles. The Labute approximate surface area is 181 Å². The van der Waals surface area contributed by atoms with Crippen LogP contribution in [0.15, 0.2) is 47.5 Å². The van der Waals surface area contributed by atoms with E-state index in [2.05, 4.69) is 15.2 Å². The van der Waals surface area contributed by atoms with Gasteiger partial charge in [0, 0.05) is 24.3 Å². The minimum Gasteiger partial charge on any atom is -0.311 e. The largest absolute Gasteiger partial charge is 0.311 e. The van der Waals surface area contributed by atoms with Gasteiger partial charge in [-0.3, -0.25) is 14.5 Å². The fourth-order valence-corrected chi connectivity index (χ4v) is 4.67. The highest BCUT2D eigenvalue weighted by molar-refractivity contribution is 7.89. The van der Waals surface area contributed by atoms with E-state index in [-0.39, 0.29) is 29.2 Å². The Bertz CT molecular complexity index is 1080. The Balaban J connectivity index is 1.31. The number of sulfonamides is 1. The zero-order valence-corrected chi connectivity index (χ0v) is 17.8. The molecule has 2 amide bonds. The monoisotopic (exact) mass is 443 g/mol. The van der Waals surface area contributed by atoms with Gasteiger partial charge in [-0.15, -0.1) is 0 Å². The number of carbonyl (C=O) groups is 2. The molecule has 2 aromatic rings.